The van der Waals surface area contributed by atoms with Crippen LogP contribution in [0.1, 0.15) is 17.5 Å². The zero-order valence-corrected chi connectivity index (χ0v) is 15.8. The van der Waals surface area contributed by atoms with Crippen LogP contribution in [0.5, 0.6) is 5.75 Å². The predicted octanol–water partition coefficient (Wildman–Crippen LogP) is 3.85. The van der Waals surface area contributed by atoms with Crippen molar-refractivity contribution in [2.45, 2.75) is 26.0 Å². The lowest BCUT2D eigenvalue weighted by Crippen LogP contribution is -2.39. The summed E-state index contributed by atoms with van der Waals surface area (Å²) in [6, 6.07) is 16.4. The Labute approximate surface area is 159 Å². The number of aryl methyl sites for hydroxylation is 2. The third-order valence-electron chi connectivity index (χ3n) is 5.15. The summed E-state index contributed by atoms with van der Waals surface area (Å²) in [6.45, 7) is 3.93. The van der Waals surface area contributed by atoms with Crippen molar-refractivity contribution in [3.63, 3.8) is 0 Å². The average molecular weight is 363 g/mol. The van der Waals surface area contributed by atoms with Crippen LogP contribution in [-0.2, 0) is 13.6 Å². The maximum Gasteiger partial charge on any atom is 0.317 e. The summed E-state index contributed by atoms with van der Waals surface area (Å²) in [7, 11) is 2.03. The molecule has 1 aliphatic rings. The Morgan fingerprint density at radius 1 is 1.19 bits per heavy atom. The third kappa shape index (κ3) is 3.92. The fourth-order valence-electron chi connectivity index (χ4n) is 3.55. The molecule has 27 heavy (non-hydrogen) atoms. The highest BCUT2D eigenvalue weighted by molar-refractivity contribution is 5.81. The summed E-state index contributed by atoms with van der Waals surface area (Å²) in [5, 5.41) is 4.22. The lowest BCUT2D eigenvalue weighted by molar-refractivity contribution is 0.186. The molecule has 1 aliphatic heterocycles. The molecule has 0 bridgehead atoms. The van der Waals surface area contributed by atoms with Gasteiger partial charge in [0.15, 0.2) is 0 Å². The van der Waals surface area contributed by atoms with Gasteiger partial charge in [-0.15, -0.1) is 0 Å². The van der Waals surface area contributed by atoms with Gasteiger partial charge in [0.2, 0.25) is 0 Å². The SMILES string of the molecule is Cc1ccc(OC2CCN(C(=O)NCc3ccc4c(ccn4C)c3)C2)cc1. The number of nitrogens with one attached hydrogen (secondary N) is 1. The van der Waals surface area contributed by atoms with E-state index in [2.05, 4.69) is 41.1 Å². The number of rotatable bonds is 4. The number of ether oxygens (including phenoxy) is 1. The lowest BCUT2D eigenvalue weighted by Gasteiger charge is -2.18. The van der Waals surface area contributed by atoms with Crippen molar-refractivity contribution < 1.29 is 9.53 Å². The number of hydrogen-bond acceptors (Lipinski definition) is 2. The first kappa shape index (κ1) is 17.5. The molecule has 5 heteroatoms. The van der Waals surface area contributed by atoms with Crippen LogP contribution in [0.15, 0.2) is 54.7 Å². The fourth-order valence-corrected chi connectivity index (χ4v) is 3.55. The molecule has 0 saturated carbocycles. The summed E-state index contributed by atoms with van der Waals surface area (Å²) in [5.41, 5.74) is 3.51. The number of carbonyl (C=O) groups excluding carboxylic acids is 1. The molecular weight excluding hydrogens is 338 g/mol. The normalized spacial score (nSPS) is 16.7. The smallest absolute Gasteiger partial charge is 0.317 e. The minimum absolute atomic E-state index is 0.0295. The van der Waals surface area contributed by atoms with Crippen molar-refractivity contribution in [1.29, 1.82) is 0 Å². The first-order chi connectivity index (χ1) is 13.1. The molecule has 1 unspecified atom stereocenters. The molecule has 2 amide bonds. The molecule has 1 fully saturated rings. The zero-order valence-electron chi connectivity index (χ0n) is 15.8. The van der Waals surface area contributed by atoms with Crippen LogP contribution in [0.4, 0.5) is 4.79 Å². The molecule has 4 rings (SSSR count). The quantitative estimate of drug-likeness (QED) is 0.765. The van der Waals surface area contributed by atoms with E-state index in [0.29, 0.717) is 13.1 Å². The minimum Gasteiger partial charge on any atom is -0.489 e. The van der Waals surface area contributed by atoms with Crippen LogP contribution >= 0.6 is 0 Å². The molecule has 1 aromatic heterocycles. The van der Waals surface area contributed by atoms with Gasteiger partial charge in [-0.2, -0.15) is 0 Å². The first-order valence-electron chi connectivity index (χ1n) is 9.38. The minimum atomic E-state index is -0.0295. The van der Waals surface area contributed by atoms with E-state index in [-0.39, 0.29) is 12.1 Å². The van der Waals surface area contributed by atoms with Crippen molar-refractivity contribution in [3.05, 3.63) is 65.9 Å². The van der Waals surface area contributed by atoms with E-state index < -0.39 is 0 Å². The Kier molecular flexibility index (Phi) is 4.75. The van der Waals surface area contributed by atoms with Gasteiger partial charge in [-0.1, -0.05) is 23.8 Å². The summed E-state index contributed by atoms with van der Waals surface area (Å²) < 4.78 is 8.09. The van der Waals surface area contributed by atoms with Crippen molar-refractivity contribution in [1.82, 2.24) is 14.8 Å². The second kappa shape index (κ2) is 7.35. The highest BCUT2D eigenvalue weighted by Gasteiger charge is 2.27. The Morgan fingerprint density at radius 2 is 2.00 bits per heavy atom. The topological polar surface area (TPSA) is 46.5 Å². The summed E-state index contributed by atoms with van der Waals surface area (Å²) in [6.07, 6.45) is 2.96. The van der Waals surface area contributed by atoms with Crippen LogP contribution in [0, 0.1) is 6.92 Å². The molecule has 0 spiro atoms. The second-order valence-electron chi connectivity index (χ2n) is 7.27. The molecular formula is C22H25N3O2. The number of likely N-dealkylation sites (tertiary alicyclic amines) is 1. The van der Waals surface area contributed by atoms with E-state index in [9.17, 15) is 4.79 Å². The van der Waals surface area contributed by atoms with Crippen LogP contribution in [0.25, 0.3) is 10.9 Å². The van der Waals surface area contributed by atoms with Gasteiger partial charge in [0.1, 0.15) is 11.9 Å². The summed E-state index contributed by atoms with van der Waals surface area (Å²) >= 11 is 0. The van der Waals surface area contributed by atoms with Gasteiger partial charge in [-0.05, 0) is 48.2 Å². The Bertz CT molecular complexity index is 946. The molecule has 0 aliphatic carbocycles. The van der Waals surface area contributed by atoms with Crippen molar-refractivity contribution in [2.75, 3.05) is 13.1 Å². The van der Waals surface area contributed by atoms with E-state index in [0.717, 1.165) is 24.3 Å². The van der Waals surface area contributed by atoms with Gasteiger partial charge in [-0.25, -0.2) is 4.79 Å². The van der Waals surface area contributed by atoms with Gasteiger partial charge in [-0.3, -0.25) is 0 Å². The van der Waals surface area contributed by atoms with Crippen molar-refractivity contribution >= 4 is 16.9 Å². The standard InChI is InChI=1S/C22H25N3O2/c1-16-3-6-19(7-4-16)27-20-10-12-25(15-20)22(26)23-14-17-5-8-21-18(13-17)9-11-24(21)2/h3-9,11,13,20H,10,12,14-15H2,1-2H3,(H,23,26). The molecule has 140 valence electrons. The zero-order chi connectivity index (χ0) is 18.8. The molecule has 0 radical (unpaired) electrons. The largest absolute Gasteiger partial charge is 0.489 e. The monoisotopic (exact) mass is 363 g/mol. The van der Waals surface area contributed by atoms with E-state index in [4.69, 9.17) is 4.74 Å². The van der Waals surface area contributed by atoms with Gasteiger partial charge < -0.3 is 19.5 Å². The van der Waals surface area contributed by atoms with Crippen molar-refractivity contribution in [2.24, 2.45) is 7.05 Å². The number of carbonyl (C=O) groups is 1. The molecule has 1 atom stereocenters. The summed E-state index contributed by atoms with van der Waals surface area (Å²) in [4.78, 5) is 14.3. The summed E-state index contributed by atoms with van der Waals surface area (Å²) in [5.74, 6) is 0.865. The number of hydrogen-bond donors (Lipinski definition) is 1. The number of fused-ring (bicyclic) bond motifs is 1. The predicted molar refractivity (Wildman–Crippen MR) is 107 cm³/mol. The van der Waals surface area contributed by atoms with Gasteiger partial charge >= 0.3 is 6.03 Å². The van der Waals surface area contributed by atoms with Crippen LogP contribution in [0.2, 0.25) is 0 Å². The molecule has 2 heterocycles. The van der Waals surface area contributed by atoms with E-state index in [1.807, 2.05) is 42.4 Å². The first-order valence-corrected chi connectivity index (χ1v) is 9.38. The van der Waals surface area contributed by atoms with Gasteiger partial charge in [0.25, 0.3) is 0 Å². The molecule has 5 nitrogen and oxygen atoms in total. The van der Waals surface area contributed by atoms with E-state index >= 15 is 0 Å². The highest BCUT2D eigenvalue weighted by Crippen LogP contribution is 2.20. The number of urea groups is 1. The highest BCUT2D eigenvalue weighted by atomic mass is 16.5. The Balaban J connectivity index is 1.30. The van der Waals surface area contributed by atoms with Gasteiger partial charge in [0.05, 0.1) is 6.54 Å². The molecule has 2 aromatic carbocycles. The maximum absolute atomic E-state index is 12.5. The molecule has 1 saturated heterocycles. The fraction of sp³-hybridized carbons (Fsp3) is 0.318. The van der Waals surface area contributed by atoms with Crippen LogP contribution in [0.3, 0.4) is 0 Å². The van der Waals surface area contributed by atoms with E-state index in [1.54, 1.807) is 0 Å². The second-order valence-corrected chi connectivity index (χ2v) is 7.27. The Morgan fingerprint density at radius 3 is 2.81 bits per heavy atom. The third-order valence-corrected chi connectivity index (χ3v) is 5.15. The number of amides is 2. The van der Waals surface area contributed by atoms with Crippen LogP contribution in [-0.4, -0.2) is 34.7 Å². The maximum atomic E-state index is 12.5. The van der Waals surface area contributed by atoms with Crippen molar-refractivity contribution in [3.8, 4) is 5.75 Å². The molecule has 1 N–H and O–H groups in total. The average Bonchev–Trinajstić information content (AvgIpc) is 3.29. The number of aromatic nitrogens is 1. The number of nitrogens with zero attached hydrogens (tertiary/aromatic N) is 2. The Hall–Kier alpha value is -2.95. The van der Waals surface area contributed by atoms with Crippen LogP contribution < -0.4 is 10.1 Å². The van der Waals surface area contributed by atoms with Gasteiger partial charge in [0, 0.05) is 38.3 Å². The number of benzene rings is 2. The molecule has 3 aromatic rings. The lowest BCUT2D eigenvalue weighted by atomic mass is 10.1. The van der Waals surface area contributed by atoms with E-state index in [1.165, 1.54) is 16.5 Å².